The number of hydrogen-bond donors (Lipinski definition) is 2. The van der Waals surface area contributed by atoms with Crippen LogP contribution in [0.5, 0.6) is 0 Å². The lowest BCUT2D eigenvalue weighted by molar-refractivity contribution is -0.141. The lowest BCUT2D eigenvalue weighted by Gasteiger charge is -2.31. The van der Waals surface area contributed by atoms with Crippen LogP contribution in [0.2, 0.25) is 0 Å². The van der Waals surface area contributed by atoms with Gasteiger partial charge in [-0.05, 0) is 77.9 Å². The number of amides is 2. The minimum absolute atomic E-state index is 0.00937. The van der Waals surface area contributed by atoms with Crippen LogP contribution >= 0.6 is 0 Å². The maximum atomic E-state index is 13.9. The number of rotatable bonds is 14. The Kier molecular flexibility index (Phi) is 10.1. The number of sulfonamides is 1. The molecule has 44 heavy (non-hydrogen) atoms. The summed E-state index contributed by atoms with van der Waals surface area (Å²) in [6.07, 6.45) is 5.73. The fourth-order valence-corrected chi connectivity index (χ4v) is 6.17. The standard InChI is InChI=1S/C34H35FN4O4S/c35-29-11-6-28(7-12-29)24-39(33(40)17-10-25-8-15-31(16-9-25)44(42,43)38-30-13-14-30)32(22-26-4-2-1-3-5-26)34(41)37-23-27-18-20-36-21-19-27/h1-9,11-12,15-16,18-21,30,32,38H,10,13-14,17,22-24H2,(H,37,41). The first-order valence-electron chi connectivity index (χ1n) is 14.6. The van der Waals surface area contributed by atoms with Gasteiger partial charge in [0.05, 0.1) is 4.90 Å². The van der Waals surface area contributed by atoms with Crippen LogP contribution in [-0.2, 0) is 45.5 Å². The van der Waals surface area contributed by atoms with E-state index in [1.54, 1.807) is 53.7 Å². The molecule has 1 aromatic heterocycles. The van der Waals surface area contributed by atoms with Gasteiger partial charge in [-0.25, -0.2) is 17.5 Å². The highest BCUT2D eigenvalue weighted by atomic mass is 32.2. The first kappa shape index (κ1) is 31.0. The highest BCUT2D eigenvalue weighted by molar-refractivity contribution is 7.89. The number of benzene rings is 3. The molecule has 1 atom stereocenters. The Morgan fingerprint density at radius 2 is 1.50 bits per heavy atom. The third-order valence-electron chi connectivity index (χ3n) is 7.51. The van der Waals surface area contributed by atoms with E-state index < -0.39 is 16.1 Å². The van der Waals surface area contributed by atoms with Crippen molar-refractivity contribution in [1.82, 2.24) is 19.9 Å². The predicted molar refractivity (Wildman–Crippen MR) is 165 cm³/mol. The van der Waals surface area contributed by atoms with Crippen LogP contribution in [-0.4, -0.2) is 42.2 Å². The van der Waals surface area contributed by atoms with Gasteiger partial charge in [-0.1, -0.05) is 54.6 Å². The normalized spacial score (nSPS) is 13.7. The van der Waals surface area contributed by atoms with Crippen LogP contribution in [0.3, 0.4) is 0 Å². The number of carbonyl (C=O) groups excluding carboxylic acids is 2. The van der Waals surface area contributed by atoms with Gasteiger partial charge in [0.1, 0.15) is 11.9 Å². The fraction of sp³-hybridized carbons (Fsp3) is 0.265. The Morgan fingerprint density at radius 3 is 2.16 bits per heavy atom. The maximum Gasteiger partial charge on any atom is 0.243 e. The number of carbonyl (C=O) groups is 2. The lowest BCUT2D eigenvalue weighted by atomic mass is 10.0. The smallest absolute Gasteiger partial charge is 0.243 e. The fourth-order valence-electron chi connectivity index (χ4n) is 4.87. The second kappa shape index (κ2) is 14.4. The van der Waals surface area contributed by atoms with Gasteiger partial charge < -0.3 is 10.2 Å². The molecule has 3 aromatic carbocycles. The van der Waals surface area contributed by atoms with E-state index in [0.29, 0.717) is 12.0 Å². The molecule has 0 aliphatic heterocycles. The summed E-state index contributed by atoms with van der Waals surface area (Å²) < 4.78 is 41.5. The van der Waals surface area contributed by atoms with Crippen molar-refractivity contribution in [3.8, 4) is 0 Å². The third-order valence-corrected chi connectivity index (χ3v) is 9.05. The van der Waals surface area contributed by atoms with Gasteiger partial charge >= 0.3 is 0 Å². The summed E-state index contributed by atoms with van der Waals surface area (Å²) in [5.41, 5.74) is 3.26. The van der Waals surface area contributed by atoms with Gasteiger partial charge in [-0.2, -0.15) is 0 Å². The van der Waals surface area contributed by atoms with E-state index in [1.807, 2.05) is 42.5 Å². The van der Waals surface area contributed by atoms with Crippen LogP contribution in [0.15, 0.2) is 108 Å². The second-order valence-corrected chi connectivity index (χ2v) is 12.7. The van der Waals surface area contributed by atoms with Crippen LogP contribution in [0, 0.1) is 5.82 Å². The Balaban J connectivity index is 1.36. The van der Waals surface area contributed by atoms with E-state index in [4.69, 9.17) is 0 Å². The molecular weight excluding hydrogens is 579 g/mol. The third kappa shape index (κ3) is 8.81. The molecule has 0 saturated heterocycles. The lowest BCUT2D eigenvalue weighted by Crippen LogP contribution is -2.50. The van der Waals surface area contributed by atoms with Crippen molar-refractivity contribution < 1.29 is 22.4 Å². The minimum atomic E-state index is -3.57. The molecule has 8 nitrogen and oxygen atoms in total. The first-order valence-corrected chi connectivity index (χ1v) is 16.1. The van der Waals surface area contributed by atoms with Crippen molar-refractivity contribution in [3.05, 3.63) is 131 Å². The highest BCUT2D eigenvalue weighted by Crippen LogP contribution is 2.23. The topological polar surface area (TPSA) is 108 Å². The summed E-state index contributed by atoms with van der Waals surface area (Å²) in [4.78, 5) is 33.4. The summed E-state index contributed by atoms with van der Waals surface area (Å²) in [6, 6.07) is 24.7. The van der Waals surface area contributed by atoms with Crippen molar-refractivity contribution in [2.45, 2.75) is 62.2 Å². The van der Waals surface area contributed by atoms with Crippen molar-refractivity contribution >= 4 is 21.8 Å². The molecule has 5 rings (SSSR count). The quantitative estimate of drug-likeness (QED) is 0.217. The first-order chi connectivity index (χ1) is 21.3. The van der Waals surface area contributed by atoms with Crippen molar-refractivity contribution in [2.75, 3.05) is 0 Å². The zero-order chi connectivity index (χ0) is 30.9. The Bertz CT molecular complexity index is 1650. The molecule has 228 valence electrons. The van der Waals surface area contributed by atoms with Gasteiger partial charge in [0.25, 0.3) is 0 Å². The number of aryl methyl sites for hydroxylation is 1. The van der Waals surface area contributed by atoms with Crippen molar-refractivity contribution in [3.63, 3.8) is 0 Å². The number of hydrogen-bond acceptors (Lipinski definition) is 5. The second-order valence-electron chi connectivity index (χ2n) is 11.0. The van der Waals surface area contributed by atoms with Gasteiger partial charge in [-0.15, -0.1) is 0 Å². The number of pyridine rings is 1. The molecule has 1 fully saturated rings. The summed E-state index contributed by atoms with van der Waals surface area (Å²) in [5.74, 6) is -0.944. The average Bonchev–Trinajstić information content (AvgIpc) is 3.86. The zero-order valence-electron chi connectivity index (χ0n) is 24.2. The molecule has 4 aromatic rings. The summed E-state index contributed by atoms with van der Waals surface area (Å²) in [5, 5.41) is 2.98. The van der Waals surface area contributed by atoms with Gasteiger partial charge in [0, 0.05) is 44.4 Å². The minimum Gasteiger partial charge on any atom is -0.350 e. The molecule has 2 N–H and O–H groups in total. The SMILES string of the molecule is O=C(NCc1ccncc1)C(Cc1ccccc1)N(Cc1ccc(F)cc1)C(=O)CCc1ccc(S(=O)(=O)NC2CC2)cc1. The molecule has 0 bridgehead atoms. The number of halogens is 1. The van der Waals surface area contributed by atoms with E-state index in [2.05, 4.69) is 15.0 Å². The zero-order valence-corrected chi connectivity index (χ0v) is 25.0. The van der Waals surface area contributed by atoms with Gasteiger partial charge in [0.15, 0.2) is 0 Å². The van der Waals surface area contributed by atoms with E-state index >= 15 is 0 Å². The number of aromatic nitrogens is 1. The number of nitrogens with one attached hydrogen (secondary N) is 2. The molecule has 1 unspecified atom stereocenters. The van der Waals surface area contributed by atoms with E-state index in [0.717, 1.165) is 29.5 Å². The summed E-state index contributed by atoms with van der Waals surface area (Å²) in [7, 11) is -3.57. The van der Waals surface area contributed by atoms with E-state index in [-0.39, 0.29) is 54.5 Å². The Hall–Kier alpha value is -4.41. The molecule has 0 spiro atoms. The predicted octanol–water partition coefficient (Wildman–Crippen LogP) is 4.55. The molecule has 10 heteroatoms. The van der Waals surface area contributed by atoms with E-state index in [9.17, 15) is 22.4 Å². The van der Waals surface area contributed by atoms with Crippen LogP contribution in [0.4, 0.5) is 4.39 Å². The molecule has 1 heterocycles. The number of nitrogens with zero attached hydrogens (tertiary/aromatic N) is 2. The average molecular weight is 615 g/mol. The van der Waals surface area contributed by atoms with Crippen LogP contribution in [0.25, 0.3) is 0 Å². The molecular formula is C34H35FN4O4S. The van der Waals surface area contributed by atoms with Crippen molar-refractivity contribution in [1.29, 1.82) is 0 Å². The maximum absolute atomic E-state index is 13.9. The molecule has 1 saturated carbocycles. The highest BCUT2D eigenvalue weighted by Gasteiger charge is 2.31. The van der Waals surface area contributed by atoms with Crippen LogP contribution in [0.1, 0.15) is 41.5 Å². The summed E-state index contributed by atoms with van der Waals surface area (Å²) in [6.45, 7) is 0.388. The van der Waals surface area contributed by atoms with Crippen molar-refractivity contribution in [2.24, 2.45) is 0 Å². The van der Waals surface area contributed by atoms with Gasteiger partial charge in [0.2, 0.25) is 21.8 Å². The summed E-state index contributed by atoms with van der Waals surface area (Å²) >= 11 is 0. The Morgan fingerprint density at radius 1 is 0.841 bits per heavy atom. The van der Waals surface area contributed by atoms with E-state index in [1.165, 1.54) is 12.1 Å². The molecule has 1 aliphatic rings. The molecule has 0 radical (unpaired) electrons. The van der Waals surface area contributed by atoms with Crippen LogP contribution < -0.4 is 10.0 Å². The van der Waals surface area contributed by atoms with Gasteiger partial charge in [-0.3, -0.25) is 14.6 Å². The largest absolute Gasteiger partial charge is 0.350 e. The monoisotopic (exact) mass is 614 g/mol. The Labute approximate surface area is 257 Å². The molecule has 1 aliphatic carbocycles. The molecule has 2 amide bonds.